The van der Waals surface area contributed by atoms with Crippen LogP contribution in [0.4, 0.5) is 0 Å². The molecular weight excluding hydrogens is 252 g/mol. The highest BCUT2D eigenvalue weighted by atomic mass is 79.9. The van der Waals surface area contributed by atoms with Gasteiger partial charge in [0.05, 0.1) is 0 Å². The average molecular weight is 261 g/mol. The van der Waals surface area contributed by atoms with Crippen molar-refractivity contribution < 1.29 is 4.79 Å². The Morgan fingerprint density at radius 2 is 1.60 bits per heavy atom. The van der Waals surface area contributed by atoms with Gasteiger partial charge in [0.1, 0.15) is 6.29 Å². The fraction of sp³-hybridized carbons (Fsp3) is 0. The van der Waals surface area contributed by atoms with Gasteiger partial charge in [0.2, 0.25) is 0 Å². The highest BCUT2D eigenvalue weighted by Gasteiger charge is 2.01. The van der Waals surface area contributed by atoms with Crippen molar-refractivity contribution in [2.75, 3.05) is 0 Å². The van der Waals surface area contributed by atoms with Crippen LogP contribution in [0.15, 0.2) is 53.0 Å². The van der Waals surface area contributed by atoms with Crippen LogP contribution in [0.5, 0.6) is 0 Å². The van der Waals surface area contributed by atoms with Crippen molar-refractivity contribution in [3.8, 4) is 11.1 Å². The van der Waals surface area contributed by atoms with Crippen molar-refractivity contribution in [1.82, 2.24) is 0 Å². The zero-order valence-corrected chi connectivity index (χ0v) is 9.57. The minimum absolute atomic E-state index is 0.700. The summed E-state index contributed by atoms with van der Waals surface area (Å²) >= 11 is 3.50. The lowest BCUT2D eigenvalue weighted by Gasteiger charge is -2.04. The first-order chi connectivity index (χ1) is 7.31. The number of halogens is 1. The molecule has 0 saturated carbocycles. The van der Waals surface area contributed by atoms with Gasteiger partial charge in [-0.2, -0.15) is 0 Å². The zero-order valence-electron chi connectivity index (χ0n) is 7.98. The van der Waals surface area contributed by atoms with Gasteiger partial charge in [0.25, 0.3) is 0 Å². The highest BCUT2D eigenvalue weighted by molar-refractivity contribution is 9.10. The topological polar surface area (TPSA) is 17.1 Å². The summed E-state index contributed by atoms with van der Waals surface area (Å²) in [5, 5.41) is 0. The maximum absolute atomic E-state index is 10.5. The van der Waals surface area contributed by atoms with Crippen molar-refractivity contribution in [1.29, 1.82) is 0 Å². The molecule has 74 valence electrons. The fourth-order valence-corrected chi connectivity index (χ4v) is 1.95. The Morgan fingerprint density at radius 3 is 2.20 bits per heavy atom. The van der Waals surface area contributed by atoms with E-state index in [1.807, 2.05) is 48.5 Å². The Bertz CT molecular complexity index is 474. The fourth-order valence-electron chi connectivity index (χ4n) is 1.44. The molecule has 0 aromatic heterocycles. The van der Waals surface area contributed by atoms with Crippen LogP contribution in [0.1, 0.15) is 10.4 Å². The van der Waals surface area contributed by atoms with E-state index in [4.69, 9.17) is 0 Å². The molecule has 0 N–H and O–H groups in total. The molecule has 2 heteroatoms. The summed E-state index contributed by atoms with van der Waals surface area (Å²) in [6, 6.07) is 15.6. The molecule has 15 heavy (non-hydrogen) atoms. The molecule has 0 aliphatic heterocycles. The number of carbonyl (C=O) groups is 1. The minimum atomic E-state index is 0.700. The smallest absolute Gasteiger partial charge is 0.150 e. The predicted molar refractivity (Wildman–Crippen MR) is 65.0 cm³/mol. The van der Waals surface area contributed by atoms with E-state index in [-0.39, 0.29) is 0 Å². The van der Waals surface area contributed by atoms with Crippen LogP contribution in [0.3, 0.4) is 0 Å². The van der Waals surface area contributed by atoms with E-state index in [2.05, 4.69) is 15.9 Å². The quantitative estimate of drug-likeness (QED) is 0.748. The molecule has 2 aromatic rings. The van der Waals surface area contributed by atoms with Gasteiger partial charge in [0.15, 0.2) is 0 Å². The average Bonchev–Trinajstić information content (AvgIpc) is 2.30. The molecule has 0 aliphatic carbocycles. The van der Waals surface area contributed by atoms with Crippen LogP contribution < -0.4 is 0 Å². The molecule has 1 nitrogen and oxygen atoms in total. The van der Waals surface area contributed by atoms with Crippen molar-refractivity contribution in [2.24, 2.45) is 0 Å². The lowest BCUT2D eigenvalue weighted by Crippen LogP contribution is -1.82. The number of hydrogen-bond donors (Lipinski definition) is 0. The molecular formula is C13H9BrO. The summed E-state index contributed by atoms with van der Waals surface area (Å²) in [7, 11) is 0. The van der Waals surface area contributed by atoms with Crippen molar-refractivity contribution >= 4 is 22.2 Å². The first-order valence-corrected chi connectivity index (χ1v) is 5.41. The third kappa shape index (κ3) is 2.16. The molecule has 2 aromatic carbocycles. The minimum Gasteiger partial charge on any atom is -0.298 e. The van der Waals surface area contributed by atoms with Gasteiger partial charge < -0.3 is 0 Å². The van der Waals surface area contributed by atoms with Gasteiger partial charge in [-0.3, -0.25) is 4.79 Å². The number of hydrogen-bond acceptors (Lipinski definition) is 1. The second-order valence-corrected chi connectivity index (χ2v) is 4.07. The highest BCUT2D eigenvalue weighted by Crippen LogP contribution is 2.27. The molecule has 2 rings (SSSR count). The van der Waals surface area contributed by atoms with Gasteiger partial charge >= 0.3 is 0 Å². The first kappa shape index (κ1) is 10.1. The molecule has 0 spiro atoms. The molecule has 0 unspecified atom stereocenters. The summed E-state index contributed by atoms with van der Waals surface area (Å²) in [4.78, 5) is 10.5. The lowest BCUT2D eigenvalue weighted by molar-refractivity contribution is 0.112. The van der Waals surface area contributed by atoms with Crippen molar-refractivity contribution in [3.63, 3.8) is 0 Å². The molecule has 0 bridgehead atoms. The number of benzene rings is 2. The summed E-state index contributed by atoms with van der Waals surface area (Å²) in [5.41, 5.74) is 2.94. The zero-order chi connectivity index (χ0) is 10.7. The largest absolute Gasteiger partial charge is 0.298 e. The van der Waals surface area contributed by atoms with Crippen LogP contribution in [-0.2, 0) is 0 Å². The van der Waals surface area contributed by atoms with Crippen LogP contribution in [0.2, 0.25) is 0 Å². The van der Waals surface area contributed by atoms with Crippen LogP contribution in [0.25, 0.3) is 11.1 Å². The second-order valence-electron chi connectivity index (χ2n) is 3.22. The Morgan fingerprint density at radius 1 is 0.933 bits per heavy atom. The number of aldehydes is 1. The standard InChI is InChI=1S/C13H9BrO/c14-13-4-2-1-3-12(13)11-7-5-10(9-15)6-8-11/h1-9H. The normalized spacial score (nSPS) is 9.93. The van der Waals surface area contributed by atoms with Gasteiger partial charge in [-0.05, 0) is 17.2 Å². The van der Waals surface area contributed by atoms with Gasteiger partial charge in [-0.15, -0.1) is 0 Å². The Labute approximate surface area is 96.9 Å². The van der Waals surface area contributed by atoms with Gasteiger partial charge in [0, 0.05) is 10.0 Å². The van der Waals surface area contributed by atoms with E-state index in [0.717, 1.165) is 21.9 Å². The van der Waals surface area contributed by atoms with E-state index in [9.17, 15) is 4.79 Å². The van der Waals surface area contributed by atoms with Gasteiger partial charge in [-0.25, -0.2) is 0 Å². The summed E-state index contributed by atoms with van der Waals surface area (Å²) in [5.74, 6) is 0. The first-order valence-electron chi connectivity index (χ1n) is 4.61. The van der Waals surface area contributed by atoms with Gasteiger partial charge in [-0.1, -0.05) is 58.4 Å². The van der Waals surface area contributed by atoms with E-state index in [0.29, 0.717) is 5.56 Å². The van der Waals surface area contributed by atoms with Crippen LogP contribution in [0, 0.1) is 0 Å². The van der Waals surface area contributed by atoms with E-state index < -0.39 is 0 Å². The summed E-state index contributed by atoms with van der Waals surface area (Å²) < 4.78 is 1.06. The Balaban J connectivity index is 2.46. The van der Waals surface area contributed by atoms with E-state index in [1.54, 1.807) is 0 Å². The molecule has 0 radical (unpaired) electrons. The van der Waals surface area contributed by atoms with Crippen molar-refractivity contribution in [3.05, 3.63) is 58.6 Å². The van der Waals surface area contributed by atoms with E-state index in [1.165, 1.54) is 0 Å². The van der Waals surface area contributed by atoms with E-state index >= 15 is 0 Å². The number of carbonyl (C=O) groups excluding carboxylic acids is 1. The molecule has 0 fully saturated rings. The Kier molecular flexibility index (Phi) is 2.97. The predicted octanol–water partition coefficient (Wildman–Crippen LogP) is 3.93. The van der Waals surface area contributed by atoms with Crippen LogP contribution in [-0.4, -0.2) is 6.29 Å². The van der Waals surface area contributed by atoms with Crippen molar-refractivity contribution in [2.45, 2.75) is 0 Å². The SMILES string of the molecule is O=Cc1ccc(-c2ccccc2Br)cc1. The maximum atomic E-state index is 10.5. The molecule has 0 aliphatic rings. The second kappa shape index (κ2) is 4.41. The summed E-state index contributed by atoms with van der Waals surface area (Å²) in [6.45, 7) is 0. The molecule has 0 heterocycles. The molecule has 0 atom stereocenters. The third-order valence-electron chi connectivity index (χ3n) is 2.23. The summed E-state index contributed by atoms with van der Waals surface area (Å²) in [6.07, 6.45) is 0.851. The monoisotopic (exact) mass is 260 g/mol. The molecule has 0 amide bonds. The number of rotatable bonds is 2. The maximum Gasteiger partial charge on any atom is 0.150 e. The lowest BCUT2D eigenvalue weighted by atomic mass is 10.0. The third-order valence-corrected chi connectivity index (χ3v) is 2.92. The molecule has 0 saturated heterocycles. The van der Waals surface area contributed by atoms with Crippen LogP contribution >= 0.6 is 15.9 Å². The Hall–Kier alpha value is -1.41.